The van der Waals surface area contributed by atoms with Crippen molar-refractivity contribution >= 4 is 27.8 Å². The molecule has 0 bridgehead atoms. The quantitative estimate of drug-likeness (QED) is 0.831. The Morgan fingerprint density at radius 2 is 1.88 bits per heavy atom. The SMILES string of the molecule is C=C(Br)CNC(=O)C1CCCCC1C(=O)O. The maximum Gasteiger partial charge on any atom is 0.307 e. The molecule has 1 saturated carbocycles. The number of carbonyl (C=O) groups is 2. The Bertz CT molecular complexity index is 304. The van der Waals surface area contributed by atoms with Gasteiger partial charge in [0.2, 0.25) is 5.91 Å². The van der Waals surface area contributed by atoms with E-state index in [0.29, 0.717) is 23.9 Å². The summed E-state index contributed by atoms with van der Waals surface area (Å²) in [5.74, 6) is -1.96. The lowest BCUT2D eigenvalue weighted by Crippen LogP contribution is -2.40. The zero-order valence-electron chi connectivity index (χ0n) is 9.04. The molecule has 2 N–H and O–H groups in total. The lowest BCUT2D eigenvalue weighted by molar-refractivity contribution is -0.148. The van der Waals surface area contributed by atoms with Crippen LogP contribution >= 0.6 is 15.9 Å². The van der Waals surface area contributed by atoms with Crippen LogP contribution < -0.4 is 5.32 Å². The average Bonchev–Trinajstić information content (AvgIpc) is 2.25. The number of hydrogen-bond donors (Lipinski definition) is 2. The van der Waals surface area contributed by atoms with E-state index in [9.17, 15) is 9.59 Å². The van der Waals surface area contributed by atoms with Crippen LogP contribution in [0.4, 0.5) is 0 Å². The van der Waals surface area contributed by atoms with Crippen molar-refractivity contribution in [3.05, 3.63) is 11.1 Å². The van der Waals surface area contributed by atoms with Crippen LogP contribution in [-0.4, -0.2) is 23.5 Å². The normalized spacial score (nSPS) is 24.8. The van der Waals surface area contributed by atoms with Crippen LogP contribution in [0, 0.1) is 11.8 Å². The van der Waals surface area contributed by atoms with E-state index in [1.807, 2.05) is 0 Å². The molecule has 1 amide bonds. The minimum atomic E-state index is -0.863. The molecule has 4 nitrogen and oxygen atoms in total. The highest BCUT2D eigenvalue weighted by molar-refractivity contribution is 9.11. The standard InChI is InChI=1S/C11H16BrNO3/c1-7(12)6-13-10(14)8-4-2-3-5-9(8)11(15)16/h8-9H,1-6H2,(H,13,14)(H,15,16). The second-order valence-electron chi connectivity index (χ2n) is 4.07. The molecule has 0 heterocycles. The molecular formula is C11H16BrNO3. The highest BCUT2D eigenvalue weighted by Gasteiger charge is 2.35. The first-order chi connectivity index (χ1) is 7.52. The summed E-state index contributed by atoms with van der Waals surface area (Å²) >= 11 is 3.15. The molecule has 0 radical (unpaired) electrons. The van der Waals surface area contributed by atoms with Crippen molar-refractivity contribution in [2.45, 2.75) is 25.7 Å². The minimum Gasteiger partial charge on any atom is -0.481 e. The zero-order chi connectivity index (χ0) is 12.1. The highest BCUT2D eigenvalue weighted by atomic mass is 79.9. The number of carboxylic acid groups (broad SMARTS) is 1. The summed E-state index contributed by atoms with van der Waals surface area (Å²) in [4.78, 5) is 22.8. The molecule has 0 aromatic carbocycles. The van der Waals surface area contributed by atoms with Gasteiger partial charge in [-0.3, -0.25) is 9.59 Å². The van der Waals surface area contributed by atoms with Crippen LogP contribution in [-0.2, 0) is 9.59 Å². The van der Waals surface area contributed by atoms with Crippen molar-refractivity contribution in [1.29, 1.82) is 0 Å². The van der Waals surface area contributed by atoms with Crippen molar-refractivity contribution in [3.63, 3.8) is 0 Å². The Kier molecular flexibility index (Phi) is 4.99. The monoisotopic (exact) mass is 289 g/mol. The molecule has 0 saturated heterocycles. The lowest BCUT2D eigenvalue weighted by Gasteiger charge is -2.27. The fourth-order valence-electron chi connectivity index (χ4n) is 2.05. The molecule has 1 aliphatic rings. The van der Waals surface area contributed by atoms with Crippen molar-refractivity contribution < 1.29 is 14.7 Å². The van der Waals surface area contributed by atoms with Crippen LogP contribution in [0.3, 0.4) is 0 Å². The third-order valence-electron chi connectivity index (χ3n) is 2.87. The van der Waals surface area contributed by atoms with E-state index in [4.69, 9.17) is 5.11 Å². The van der Waals surface area contributed by atoms with Gasteiger partial charge in [-0.15, -0.1) is 0 Å². The number of halogens is 1. The van der Waals surface area contributed by atoms with Gasteiger partial charge in [0.1, 0.15) is 0 Å². The van der Waals surface area contributed by atoms with E-state index < -0.39 is 17.8 Å². The first kappa shape index (κ1) is 13.2. The van der Waals surface area contributed by atoms with Crippen molar-refractivity contribution in [2.75, 3.05) is 6.54 Å². The molecule has 90 valence electrons. The molecule has 0 spiro atoms. The molecule has 5 heteroatoms. The maximum atomic E-state index is 11.8. The van der Waals surface area contributed by atoms with Gasteiger partial charge >= 0.3 is 5.97 Å². The van der Waals surface area contributed by atoms with Gasteiger partial charge in [0.15, 0.2) is 0 Å². The Balaban J connectivity index is 2.57. The van der Waals surface area contributed by atoms with E-state index >= 15 is 0 Å². The van der Waals surface area contributed by atoms with Gasteiger partial charge in [-0.2, -0.15) is 0 Å². The second-order valence-corrected chi connectivity index (χ2v) is 5.19. The predicted molar refractivity (Wildman–Crippen MR) is 64.2 cm³/mol. The third-order valence-corrected chi connectivity index (χ3v) is 3.15. The molecule has 16 heavy (non-hydrogen) atoms. The Labute approximate surface area is 103 Å². The summed E-state index contributed by atoms with van der Waals surface area (Å²) in [7, 11) is 0. The molecule has 1 rings (SSSR count). The van der Waals surface area contributed by atoms with Crippen molar-refractivity contribution in [2.24, 2.45) is 11.8 Å². The van der Waals surface area contributed by atoms with E-state index in [2.05, 4.69) is 27.8 Å². The van der Waals surface area contributed by atoms with E-state index in [1.165, 1.54) is 0 Å². The number of rotatable bonds is 4. The van der Waals surface area contributed by atoms with Crippen LogP contribution in [0.2, 0.25) is 0 Å². The van der Waals surface area contributed by atoms with E-state index in [-0.39, 0.29) is 5.91 Å². The van der Waals surface area contributed by atoms with Gasteiger partial charge in [0.05, 0.1) is 11.8 Å². The lowest BCUT2D eigenvalue weighted by atomic mass is 9.79. The second kappa shape index (κ2) is 6.03. The Morgan fingerprint density at radius 3 is 2.38 bits per heavy atom. The molecule has 2 unspecified atom stereocenters. The fraction of sp³-hybridized carbons (Fsp3) is 0.636. The van der Waals surface area contributed by atoms with Crippen LogP contribution in [0.1, 0.15) is 25.7 Å². The maximum absolute atomic E-state index is 11.8. The number of hydrogen-bond acceptors (Lipinski definition) is 2. The van der Waals surface area contributed by atoms with Gasteiger partial charge in [0, 0.05) is 11.0 Å². The number of aliphatic carboxylic acids is 1. The number of nitrogens with one attached hydrogen (secondary N) is 1. The summed E-state index contributed by atoms with van der Waals surface area (Å²) in [5.41, 5.74) is 0. The highest BCUT2D eigenvalue weighted by Crippen LogP contribution is 2.30. The minimum absolute atomic E-state index is 0.173. The molecule has 1 fully saturated rings. The largest absolute Gasteiger partial charge is 0.481 e. The average molecular weight is 290 g/mol. The van der Waals surface area contributed by atoms with Gasteiger partial charge in [0.25, 0.3) is 0 Å². The first-order valence-electron chi connectivity index (χ1n) is 5.36. The number of carboxylic acids is 1. The topological polar surface area (TPSA) is 66.4 Å². The van der Waals surface area contributed by atoms with E-state index in [1.54, 1.807) is 0 Å². The summed E-state index contributed by atoms with van der Waals surface area (Å²) in [6, 6.07) is 0. The Morgan fingerprint density at radius 1 is 1.31 bits per heavy atom. The molecule has 2 atom stereocenters. The van der Waals surface area contributed by atoms with Crippen molar-refractivity contribution in [1.82, 2.24) is 5.32 Å². The third kappa shape index (κ3) is 3.63. The van der Waals surface area contributed by atoms with Gasteiger partial charge in [-0.25, -0.2) is 0 Å². The fourth-order valence-corrected chi connectivity index (χ4v) is 2.19. The number of carbonyl (C=O) groups excluding carboxylic acids is 1. The van der Waals surface area contributed by atoms with Crippen LogP contribution in [0.25, 0.3) is 0 Å². The van der Waals surface area contributed by atoms with Crippen molar-refractivity contribution in [3.8, 4) is 0 Å². The predicted octanol–water partition coefficient (Wildman–Crippen LogP) is 1.90. The summed E-state index contributed by atoms with van der Waals surface area (Å²) in [5, 5.41) is 11.7. The van der Waals surface area contributed by atoms with Gasteiger partial charge in [-0.05, 0) is 12.8 Å². The smallest absolute Gasteiger partial charge is 0.307 e. The molecule has 0 aromatic rings. The van der Waals surface area contributed by atoms with E-state index in [0.717, 1.165) is 12.8 Å². The Hall–Kier alpha value is -0.840. The zero-order valence-corrected chi connectivity index (χ0v) is 10.6. The first-order valence-corrected chi connectivity index (χ1v) is 6.15. The van der Waals surface area contributed by atoms with Crippen LogP contribution in [0.5, 0.6) is 0 Å². The summed E-state index contributed by atoms with van der Waals surface area (Å²) in [6.07, 6.45) is 3.09. The molecule has 0 aliphatic heterocycles. The number of amides is 1. The van der Waals surface area contributed by atoms with Crippen LogP contribution in [0.15, 0.2) is 11.1 Å². The van der Waals surface area contributed by atoms with Gasteiger partial charge < -0.3 is 10.4 Å². The summed E-state index contributed by atoms with van der Waals surface area (Å²) < 4.78 is 0.684. The molecular weight excluding hydrogens is 274 g/mol. The molecule has 0 aromatic heterocycles. The summed E-state index contributed by atoms with van der Waals surface area (Å²) in [6.45, 7) is 3.96. The molecule has 1 aliphatic carbocycles. The van der Waals surface area contributed by atoms with Gasteiger partial charge in [-0.1, -0.05) is 35.4 Å².